The van der Waals surface area contributed by atoms with Crippen LogP contribution in [0.25, 0.3) is 0 Å². The van der Waals surface area contributed by atoms with Gasteiger partial charge in [-0.05, 0) is 54.8 Å². The quantitative estimate of drug-likeness (QED) is 0.506. The van der Waals surface area contributed by atoms with Crippen LogP contribution in [0.3, 0.4) is 0 Å². The van der Waals surface area contributed by atoms with Gasteiger partial charge in [-0.3, -0.25) is 9.48 Å². The molecular formula is C22H22BrClN4O3S. The topological polar surface area (TPSA) is 84.3 Å². The van der Waals surface area contributed by atoms with Gasteiger partial charge in [0.05, 0.1) is 23.3 Å². The fraction of sp³-hybridized carbons (Fsp3) is 0.273. The van der Waals surface area contributed by atoms with Gasteiger partial charge in [0, 0.05) is 34.7 Å². The first-order valence-corrected chi connectivity index (χ1v) is 12.8. The molecule has 1 aliphatic heterocycles. The molecule has 0 aliphatic carbocycles. The van der Waals surface area contributed by atoms with Gasteiger partial charge in [0.15, 0.2) is 0 Å². The standard InChI is InChI=1S/C22H22BrClN4O3S/c23-18-3-1-16(2-4-18)14-27-15-20(13-25-27)26-22(29)17-9-11-28(12-10-17)32(30,31)21-7-5-19(24)6-8-21/h1-8,13,15,17H,9-12,14H2,(H,26,29). The summed E-state index contributed by atoms with van der Waals surface area (Å²) < 4.78 is 29.8. The highest BCUT2D eigenvalue weighted by molar-refractivity contribution is 9.10. The van der Waals surface area contributed by atoms with Gasteiger partial charge in [0.1, 0.15) is 0 Å². The number of hydrogen-bond acceptors (Lipinski definition) is 4. The van der Waals surface area contributed by atoms with Crippen molar-refractivity contribution in [1.82, 2.24) is 14.1 Å². The molecule has 1 aromatic heterocycles. The molecule has 1 aliphatic rings. The number of anilines is 1. The monoisotopic (exact) mass is 536 g/mol. The van der Waals surface area contributed by atoms with Crippen LogP contribution in [0.5, 0.6) is 0 Å². The average Bonchev–Trinajstić information content (AvgIpc) is 3.22. The SMILES string of the molecule is O=C(Nc1cnn(Cc2ccc(Br)cc2)c1)C1CCN(S(=O)(=O)c2ccc(Cl)cc2)CC1. The van der Waals surface area contributed by atoms with Gasteiger partial charge < -0.3 is 5.32 Å². The molecule has 4 rings (SSSR count). The second-order valence-corrected chi connectivity index (χ2v) is 11.0. The van der Waals surface area contributed by atoms with Crippen LogP contribution in [0.15, 0.2) is 70.3 Å². The van der Waals surface area contributed by atoms with Crippen LogP contribution in [-0.4, -0.2) is 41.5 Å². The molecule has 0 saturated carbocycles. The summed E-state index contributed by atoms with van der Waals surface area (Å²) in [6.07, 6.45) is 4.34. The summed E-state index contributed by atoms with van der Waals surface area (Å²) in [7, 11) is -3.59. The second-order valence-electron chi connectivity index (χ2n) is 7.67. The second kappa shape index (κ2) is 9.74. The molecule has 0 atom stereocenters. The van der Waals surface area contributed by atoms with Gasteiger partial charge in [0.2, 0.25) is 15.9 Å². The van der Waals surface area contributed by atoms with Crippen LogP contribution < -0.4 is 5.32 Å². The van der Waals surface area contributed by atoms with Gasteiger partial charge in [-0.1, -0.05) is 39.7 Å². The minimum atomic E-state index is -3.59. The van der Waals surface area contributed by atoms with E-state index in [1.54, 1.807) is 29.2 Å². The number of nitrogens with one attached hydrogen (secondary N) is 1. The lowest BCUT2D eigenvalue weighted by atomic mass is 9.97. The highest BCUT2D eigenvalue weighted by atomic mass is 79.9. The Balaban J connectivity index is 1.31. The van der Waals surface area contributed by atoms with Crippen molar-refractivity contribution in [3.05, 3.63) is 76.0 Å². The first-order valence-electron chi connectivity index (χ1n) is 10.1. The van der Waals surface area contributed by atoms with Crippen LogP contribution in [0.4, 0.5) is 5.69 Å². The summed E-state index contributed by atoms with van der Waals surface area (Å²) in [6.45, 7) is 1.20. The molecule has 10 heteroatoms. The number of nitrogens with zero attached hydrogens (tertiary/aromatic N) is 3. The van der Waals surface area contributed by atoms with Gasteiger partial charge in [-0.25, -0.2) is 8.42 Å². The zero-order chi connectivity index (χ0) is 22.7. The third-order valence-corrected chi connectivity index (χ3v) is 8.13. The maximum absolute atomic E-state index is 12.8. The number of halogens is 2. The molecule has 168 valence electrons. The van der Waals surface area contributed by atoms with Crippen LogP contribution in [0, 0.1) is 5.92 Å². The van der Waals surface area contributed by atoms with Gasteiger partial charge >= 0.3 is 0 Å². The molecule has 0 bridgehead atoms. The lowest BCUT2D eigenvalue weighted by molar-refractivity contribution is -0.120. The molecule has 0 spiro atoms. The predicted molar refractivity (Wildman–Crippen MR) is 127 cm³/mol. The molecule has 2 heterocycles. The van der Waals surface area contributed by atoms with E-state index in [1.807, 2.05) is 24.3 Å². The number of piperidine rings is 1. The van der Waals surface area contributed by atoms with E-state index in [1.165, 1.54) is 16.4 Å². The maximum Gasteiger partial charge on any atom is 0.243 e. The molecular weight excluding hydrogens is 516 g/mol. The lowest BCUT2D eigenvalue weighted by Gasteiger charge is -2.30. The summed E-state index contributed by atoms with van der Waals surface area (Å²) in [4.78, 5) is 12.9. The van der Waals surface area contributed by atoms with E-state index in [0.717, 1.165) is 10.0 Å². The Morgan fingerprint density at radius 3 is 2.41 bits per heavy atom. The Bertz CT molecular complexity index is 1190. The Kier molecular flexibility index (Phi) is 6.99. The highest BCUT2D eigenvalue weighted by Crippen LogP contribution is 2.25. The van der Waals surface area contributed by atoms with Crippen molar-refractivity contribution in [3.8, 4) is 0 Å². The smallest absolute Gasteiger partial charge is 0.243 e. The third-order valence-electron chi connectivity index (χ3n) is 5.43. The number of benzene rings is 2. The fourth-order valence-electron chi connectivity index (χ4n) is 3.65. The van der Waals surface area contributed by atoms with Crippen molar-refractivity contribution < 1.29 is 13.2 Å². The van der Waals surface area contributed by atoms with Crippen LogP contribution in [-0.2, 0) is 21.4 Å². The minimum Gasteiger partial charge on any atom is -0.323 e. The molecule has 3 aromatic rings. The number of aromatic nitrogens is 2. The highest BCUT2D eigenvalue weighted by Gasteiger charge is 2.32. The van der Waals surface area contributed by atoms with E-state index in [2.05, 4.69) is 26.3 Å². The van der Waals surface area contributed by atoms with Crippen LogP contribution in [0.2, 0.25) is 5.02 Å². The first-order chi connectivity index (χ1) is 15.3. The van der Waals surface area contributed by atoms with Gasteiger partial charge in [-0.2, -0.15) is 9.40 Å². The molecule has 2 aromatic carbocycles. The molecule has 32 heavy (non-hydrogen) atoms. The van der Waals surface area contributed by atoms with Crippen LogP contribution in [0.1, 0.15) is 18.4 Å². The molecule has 1 saturated heterocycles. The van der Waals surface area contributed by atoms with Crippen molar-refractivity contribution in [3.63, 3.8) is 0 Å². The van der Waals surface area contributed by atoms with E-state index in [-0.39, 0.29) is 16.7 Å². The Labute approximate surface area is 200 Å². The van der Waals surface area contributed by atoms with Crippen molar-refractivity contribution in [1.29, 1.82) is 0 Å². The third kappa shape index (κ3) is 5.40. The molecule has 1 fully saturated rings. The molecule has 0 unspecified atom stereocenters. The van der Waals surface area contributed by atoms with Crippen molar-refractivity contribution in [2.24, 2.45) is 5.92 Å². The number of carbonyl (C=O) groups excluding carboxylic acids is 1. The fourth-order valence-corrected chi connectivity index (χ4v) is 5.51. The Morgan fingerprint density at radius 2 is 1.75 bits per heavy atom. The number of rotatable bonds is 6. The number of amides is 1. The number of hydrogen-bond donors (Lipinski definition) is 1. The summed E-state index contributed by atoms with van der Waals surface area (Å²) in [6, 6.07) is 14.1. The molecule has 1 N–H and O–H groups in total. The molecule has 7 nitrogen and oxygen atoms in total. The van der Waals surface area contributed by atoms with Crippen LogP contribution >= 0.6 is 27.5 Å². The first kappa shape index (κ1) is 23.0. The average molecular weight is 538 g/mol. The largest absolute Gasteiger partial charge is 0.323 e. The molecule has 0 radical (unpaired) electrons. The van der Waals surface area contributed by atoms with Crippen molar-refractivity contribution >= 4 is 49.1 Å². The summed E-state index contributed by atoms with van der Waals surface area (Å²) in [5.74, 6) is -0.363. The van der Waals surface area contributed by atoms with Crippen molar-refractivity contribution in [2.75, 3.05) is 18.4 Å². The number of carbonyl (C=O) groups is 1. The van der Waals surface area contributed by atoms with E-state index >= 15 is 0 Å². The van der Waals surface area contributed by atoms with E-state index in [0.29, 0.717) is 43.2 Å². The Hall–Kier alpha value is -2.20. The van der Waals surface area contributed by atoms with E-state index in [4.69, 9.17) is 11.6 Å². The molecule has 1 amide bonds. The van der Waals surface area contributed by atoms with Gasteiger partial charge in [0.25, 0.3) is 0 Å². The summed E-state index contributed by atoms with van der Waals surface area (Å²) in [5, 5.41) is 7.70. The predicted octanol–water partition coefficient (Wildman–Crippen LogP) is 4.39. The van der Waals surface area contributed by atoms with E-state index in [9.17, 15) is 13.2 Å². The summed E-state index contributed by atoms with van der Waals surface area (Å²) >= 11 is 9.27. The maximum atomic E-state index is 12.8. The zero-order valence-corrected chi connectivity index (χ0v) is 20.3. The Morgan fingerprint density at radius 1 is 1.09 bits per heavy atom. The van der Waals surface area contributed by atoms with E-state index < -0.39 is 10.0 Å². The minimum absolute atomic E-state index is 0.114. The zero-order valence-electron chi connectivity index (χ0n) is 17.1. The number of sulfonamides is 1. The van der Waals surface area contributed by atoms with Gasteiger partial charge in [-0.15, -0.1) is 0 Å². The van der Waals surface area contributed by atoms with Crippen molar-refractivity contribution in [2.45, 2.75) is 24.3 Å². The summed E-state index contributed by atoms with van der Waals surface area (Å²) in [5.41, 5.74) is 1.73. The lowest BCUT2D eigenvalue weighted by Crippen LogP contribution is -2.41. The normalized spacial score (nSPS) is 15.6.